The van der Waals surface area contributed by atoms with Crippen LogP contribution in [0.5, 0.6) is 0 Å². The summed E-state index contributed by atoms with van der Waals surface area (Å²) < 4.78 is 65.5. The van der Waals surface area contributed by atoms with Crippen molar-refractivity contribution < 1.29 is 29.2 Å². The summed E-state index contributed by atoms with van der Waals surface area (Å²) in [6.07, 6.45) is 0. The number of alkyl halides is 6. The molecule has 0 aromatic heterocycles. The van der Waals surface area contributed by atoms with Gasteiger partial charge in [0.15, 0.2) is 0 Å². The van der Waals surface area contributed by atoms with Crippen LogP contribution in [0.2, 0.25) is 0 Å². The van der Waals surface area contributed by atoms with Gasteiger partial charge in [-0.25, -0.2) is 0 Å². The Bertz CT molecular complexity index is 95.8. The van der Waals surface area contributed by atoms with Crippen molar-refractivity contribution in [3.63, 3.8) is 0 Å². The molecule has 0 heterocycles. The molecule has 0 aliphatic rings. The van der Waals surface area contributed by atoms with Crippen LogP contribution in [0, 0.1) is 0 Å². The van der Waals surface area contributed by atoms with Crippen molar-refractivity contribution in [2.24, 2.45) is 0 Å². The minimum atomic E-state index is -6.38. The molecule has 0 N–H and O–H groups in total. The maximum atomic E-state index is 11.3. The third-order valence-electron chi connectivity index (χ3n) is 0.406. The van der Waals surface area contributed by atoms with E-state index in [1.54, 1.807) is 0 Å². The Labute approximate surface area is 58.4 Å². The minimum absolute atomic E-state index is 5.68. The summed E-state index contributed by atoms with van der Waals surface area (Å²) in [4.78, 5) is 0. The number of rotatable bonds is 0. The Kier molecular flexibility index (Phi) is 2.82. The van der Waals surface area contributed by atoms with Crippen molar-refractivity contribution >= 4 is 20.1 Å². The molecule has 0 fully saturated rings. The van der Waals surface area contributed by atoms with Crippen molar-refractivity contribution in [1.29, 1.82) is 0 Å². The van der Waals surface area contributed by atoms with E-state index in [2.05, 4.69) is 0 Å². The molecule has 0 amide bonds. The van der Waals surface area contributed by atoms with Crippen LogP contribution in [-0.2, 0) is 0 Å². The van der Waals surface area contributed by atoms with Crippen molar-refractivity contribution in [3.05, 3.63) is 0 Å². The first-order valence-corrected chi connectivity index (χ1v) is 4.91. The van der Waals surface area contributed by atoms with Gasteiger partial charge in [-0.05, 0) is 0 Å². The van der Waals surface area contributed by atoms with Gasteiger partial charge in [-0.15, -0.1) is 0 Å². The molecule has 0 aliphatic heterocycles. The molecule has 0 nitrogen and oxygen atoms in total. The monoisotopic (exact) mass is 287 g/mol. The van der Waals surface area contributed by atoms with E-state index in [-0.39, 0.29) is 0 Å². The zero-order valence-electron chi connectivity index (χ0n) is 4.05. The Hall–Kier alpha value is 0.300. The molecule has 0 saturated carbocycles. The molecular formula is C2F7Te+. The van der Waals surface area contributed by atoms with Gasteiger partial charge in [0.2, 0.25) is 0 Å². The summed E-state index contributed by atoms with van der Waals surface area (Å²) in [5, 5.41) is 0. The quantitative estimate of drug-likeness (QED) is 0.472. The molecule has 0 rings (SSSR count). The second kappa shape index (κ2) is 2.74. The summed E-state index contributed by atoms with van der Waals surface area (Å²) in [6, 6.07) is 0. The van der Waals surface area contributed by atoms with Gasteiger partial charge in [0.1, 0.15) is 0 Å². The molecule has 0 bridgehead atoms. The normalized spacial score (nSPS) is 14.4. The summed E-state index contributed by atoms with van der Waals surface area (Å²) >= 11 is -6.38. The fraction of sp³-hybridized carbons (Fsp3) is 1.00. The van der Waals surface area contributed by atoms with E-state index in [9.17, 15) is 29.2 Å². The fourth-order valence-electron chi connectivity index (χ4n) is 0.131. The van der Waals surface area contributed by atoms with Crippen LogP contribution in [0.1, 0.15) is 0 Å². The molecule has 0 aromatic carbocycles. The Morgan fingerprint density at radius 1 is 0.700 bits per heavy atom. The average molecular weight is 285 g/mol. The summed E-state index contributed by atoms with van der Waals surface area (Å²) in [5.74, 6) is 0. The van der Waals surface area contributed by atoms with Crippen LogP contribution in [0.3, 0.4) is 0 Å². The van der Waals surface area contributed by atoms with Gasteiger partial charge in [-0.3, -0.25) is 0 Å². The van der Waals surface area contributed by atoms with Gasteiger partial charge >= 0.3 is 57.8 Å². The van der Waals surface area contributed by atoms with Gasteiger partial charge in [0, 0.05) is 0 Å². The first-order valence-electron chi connectivity index (χ1n) is 1.70. The SMILES string of the molecule is F[Te+](C(F)(F)F)C(F)(F)F. The van der Waals surface area contributed by atoms with Crippen molar-refractivity contribution in [3.8, 4) is 0 Å². The van der Waals surface area contributed by atoms with Crippen LogP contribution in [0.15, 0.2) is 0 Å². The molecule has 0 radical (unpaired) electrons. The van der Waals surface area contributed by atoms with E-state index in [0.717, 1.165) is 0 Å². The number of halogens is 7. The molecule has 62 valence electrons. The van der Waals surface area contributed by atoms with Crippen LogP contribution in [0.25, 0.3) is 0 Å². The molecule has 0 spiro atoms. The third-order valence-corrected chi connectivity index (χ3v) is 2.73. The summed E-state index contributed by atoms with van der Waals surface area (Å²) in [7, 11) is 0. The Morgan fingerprint density at radius 2 is 0.900 bits per heavy atom. The van der Waals surface area contributed by atoms with Gasteiger partial charge in [-0.1, -0.05) is 0 Å². The first-order chi connectivity index (χ1) is 4.15. The topological polar surface area (TPSA) is 0 Å². The molecule has 0 unspecified atom stereocenters. The molecular weight excluding hydrogens is 285 g/mol. The molecule has 0 aromatic rings. The number of hydrogen-bond donors (Lipinski definition) is 0. The van der Waals surface area contributed by atoms with Gasteiger partial charge < -0.3 is 0 Å². The molecule has 0 saturated heterocycles. The van der Waals surface area contributed by atoms with Crippen LogP contribution in [-0.4, -0.2) is 28.6 Å². The zero-order valence-corrected chi connectivity index (χ0v) is 6.38. The van der Waals surface area contributed by atoms with Gasteiger partial charge in [0.05, 0.1) is 0 Å². The first kappa shape index (κ1) is 10.3. The van der Waals surface area contributed by atoms with E-state index >= 15 is 0 Å². The van der Waals surface area contributed by atoms with E-state index in [0.29, 0.717) is 0 Å². The maximum absolute atomic E-state index is 11.3. The van der Waals surface area contributed by atoms with Crippen molar-refractivity contribution in [2.75, 3.05) is 0 Å². The molecule has 0 atom stereocenters. The summed E-state index contributed by atoms with van der Waals surface area (Å²) in [6.45, 7) is 0. The van der Waals surface area contributed by atoms with Crippen LogP contribution < -0.4 is 0 Å². The third kappa shape index (κ3) is 2.92. The second-order valence-corrected chi connectivity index (χ2v) is 5.25. The van der Waals surface area contributed by atoms with E-state index in [4.69, 9.17) is 0 Å². The number of hydrogen-bond acceptors (Lipinski definition) is 0. The molecule has 0 aliphatic carbocycles. The Balaban J connectivity index is 4.23. The average Bonchev–Trinajstić information content (AvgIpc) is 1.59. The van der Waals surface area contributed by atoms with Gasteiger partial charge in [-0.2, -0.15) is 0 Å². The van der Waals surface area contributed by atoms with Gasteiger partial charge in [0.25, 0.3) is 0 Å². The van der Waals surface area contributed by atoms with E-state index < -0.39 is 28.6 Å². The van der Waals surface area contributed by atoms with E-state index in [1.807, 2.05) is 0 Å². The van der Waals surface area contributed by atoms with Crippen LogP contribution in [0.4, 0.5) is 29.2 Å². The van der Waals surface area contributed by atoms with Crippen molar-refractivity contribution in [1.82, 2.24) is 0 Å². The molecule has 10 heavy (non-hydrogen) atoms. The standard InChI is InChI=1S/C2F7Te/c3-1(4,5)10(9)2(6,7)8/q+1. The second-order valence-electron chi connectivity index (χ2n) is 1.15. The zero-order chi connectivity index (χ0) is 8.58. The van der Waals surface area contributed by atoms with E-state index in [1.165, 1.54) is 0 Å². The van der Waals surface area contributed by atoms with Crippen molar-refractivity contribution in [2.45, 2.75) is 8.45 Å². The van der Waals surface area contributed by atoms with Crippen LogP contribution >= 0.6 is 0 Å². The predicted molar refractivity (Wildman–Crippen MR) is 19.0 cm³/mol. The predicted octanol–water partition coefficient (Wildman–Crippen LogP) is 2.15. The summed E-state index contributed by atoms with van der Waals surface area (Å²) in [5.41, 5.74) is 0. The Morgan fingerprint density at radius 3 is 0.900 bits per heavy atom. The fourth-order valence-corrected chi connectivity index (χ4v) is 0.880. The molecule has 8 heteroatoms.